The van der Waals surface area contributed by atoms with E-state index in [1.807, 2.05) is 36.4 Å². The van der Waals surface area contributed by atoms with Gasteiger partial charge in [-0.25, -0.2) is 13.6 Å². The van der Waals surface area contributed by atoms with E-state index in [0.717, 1.165) is 41.0 Å². The highest BCUT2D eigenvalue weighted by Crippen LogP contribution is 2.30. The Morgan fingerprint density at radius 1 is 1.03 bits per heavy atom. The summed E-state index contributed by atoms with van der Waals surface area (Å²) >= 11 is 0. The van der Waals surface area contributed by atoms with Gasteiger partial charge in [-0.1, -0.05) is 30.3 Å². The SMILES string of the molecule is COc1cccc(-c2ccc3c(c2)CCN(C(=O)Nc2c[nH]c4cc(F)c(F)cc24)C3)c1. The largest absolute Gasteiger partial charge is 0.497 e. The molecule has 2 heterocycles. The Morgan fingerprint density at radius 3 is 2.69 bits per heavy atom. The van der Waals surface area contributed by atoms with Crippen molar-refractivity contribution in [1.82, 2.24) is 9.88 Å². The monoisotopic (exact) mass is 433 g/mol. The fourth-order valence-corrected chi connectivity index (χ4v) is 4.12. The van der Waals surface area contributed by atoms with Crippen molar-refractivity contribution in [3.8, 4) is 16.9 Å². The number of nitrogens with one attached hydrogen (secondary N) is 2. The number of carbonyl (C=O) groups is 1. The summed E-state index contributed by atoms with van der Waals surface area (Å²) in [5, 5.41) is 3.24. The molecule has 32 heavy (non-hydrogen) atoms. The Bertz CT molecular complexity index is 1330. The summed E-state index contributed by atoms with van der Waals surface area (Å²) in [5.74, 6) is -1.08. The number of aromatic amines is 1. The first kappa shape index (κ1) is 20.1. The minimum atomic E-state index is -0.952. The van der Waals surface area contributed by atoms with Gasteiger partial charge in [0.15, 0.2) is 11.6 Å². The molecule has 7 heteroatoms. The number of rotatable bonds is 3. The van der Waals surface area contributed by atoms with Gasteiger partial charge in [0.2, 0.25) is 0 Å². The van der Waals surface area contributed by atoms with Gasteiger partial charge in [0.1, 0.15) is 5.75 Å². The van der Waals surface area contributed by atoms with E-state index >= 15 is 0 Å². The molecule has 0 spiro atoms. The Morgan fingerprint density at radius 2 is 1.84 bits per heavy atom. The molecule has 2 amide bonds. The summed E-state index contributed by atoms with van der Waals surface area (Å²) in [7, 11) is 1.65. The number of carbonyl (C=O) groups excluding carboxylic acids is 1. The summed E-state index contributed by atoms with van der Waals surface area (Å²) in [4.78, 5) is 17.4. The molecule has 162 valence electrons. The number of urea groups is 1. The molecule has 0 radical (unpaired) electrons. The zero-order chi connectivity index (χ0) is 22.2. The molecule has 0 saturated carbocycles. The molecular weight excluding hydrogens is 412 g/mol. The van der Waals surface area contributed by atoms with Crippen LogP contribution in [0.15, 0.2) is 60.8 Å². The van der Waals surface area contributed by atoms with Crippen LogP contribution in [0, 0.1) is 11.6 Å². The van der Waals surface area contributed by atoms with Crippen LogP contribution >= 0.6 is 0 Å². The van der Waals surface area contributed by atoms with Gasteiger partial charge >= 0.3 is 6.03 Å². The Balaban J connectivity index is 1.33. The van der Waals surface area contributed by atoms with Crippen LogP contribution < -0.4 is 10.1 Å². The van der Waals surface area contributed by atoms with E-state index in [0.29, 0.717) is 29.7 Å². The predicted octanol–water partition coefficient (Wildman–Crippen LogP) is 5.71. The lowest BCUT2D eigenvalue weighted by atomic mass is 9.94. The lowest BCUT2D eigenvalue weighted by molar-refractivity contribution is 0.206. The average Bonchev–Trinajstić information content (AvgIpc) is 3.19. The smallest absolute Gasteiger partial charge is 0.322 e. The first-order valence-corrected chi connectivity index (χ1v) is 10.3. The third-order valence-corrected chi connectivity index (χ3v) is 5.87. The number of benzene rings is 3. The maximum Gasteiger partial charge on any atom is 0.322 e. The van der Waals surface area contributed by atoms with Gasteiger partial charge in [-0.15, -0.1) is 0 Å². The number of anilines is 1. The van der Waals surface area contributed by atoms with Gasteiger partial charge in [-0.2, -0.15) is 0 Å². The molecule has 0 atom stereocenters. The van der Waals surface area contributed by atoms with E-state index in [2.05, 4.69) is 16.4 Å². The fourth-order valence-electron chi connectivity index (χ4n) is 4.12. The lowest BCUT2D eigenvalue weighted by Crippen LogP contribution is -2.38. The van der Waals surface area contributed by atoms with E-state index in [1.54, 1.807) is 18.2 Å². The molecule has 5 nitrogen and oxygen atoms in total. The minimum Gasteiger partial charge on any atom is -0.497 e. The highest BCUT2D eigenvalue weighted by molar-refractivity contribution is 6.01. The van der Waals surface area contributed by atoms with Gasteiger partial charge < -0.3 is 19.9 Å². The molecule has 3 aromatic carbocycles. The zero-order valence-electron chi connectivity index (χ0n) is 17.4. The van der Waals surface area contributed by atoms with Crippen LogP contribution in [0.1, 0.15) is 11.1 Å². The summed E-state index contributed by atoms with van der Waals surface area (Å²) in [6, 6.07) is 16.1. The minimum absolute atomic E-state index is 0.279. The van der Waals surface area contributed by atoms with Crippen molar-refractivity contribution in [1.29, 1.82) is 0 Å². The van der Waals surface area contributed by atoms with Gasteiger partial charge in [-0.05, 0) is 46.9 Å². The third kappa shape index (κ3) is 3.66. The highest BCUT2D eigenvalue weighted by Gasteiger charge is 2.22. The van der Waals surface area contributed by atoms with E-state index in [4.69, 9.17) is 4.74 Å². The first-order valence-electron chi connectivity index (χ1n) is 10.3. The van der Waals surface area contributed by atoms with Crippen LogP contribution in [0.5, 0.6) is 5.75 Å². The van der Waals surface area contributed by atoms with Gasteiger partial charge in [0, 0.05) is 30.7 Å². The standard InChI is InChI=1S/C25H21F2N3O2/c1-32-19-4-2-3-15(10-19)16-5-6-18-14-30(8-7-17(18)9-16)25(31)29-24-13-28-23-12-22(27)21(26)11-20(23)24/h2-6,9-13,28H,7-8,14H2,1H3,(H,29,31). The summed E-state index contributed by atoms with van der Waals surface area (Å²) in [6.07, 6.45) is 2.27. The molecule has 0 bridgehead atoms. The number of aromatic nitrogens is 1. The van der Waals surface area contributed by atoms with Crippen LogP contribution in [-0.4, -0.2) is 29.6 Å². The summed E-state index contributed by atoms with van der Waals surface area (Å²) < 4.78 is 32.4. The molecule has 0 unspecified atom stereocenters. The molecule has 0 aliphatic carbocycles. The normalized spacial score (nSPS) is 13.2. The number of ether oxygens (including phenoxy) is 1. The predicted molar refractivity (Wildman–Crippen MR) is 120 cm³/mol. The average molecular weight is 433 g/mol. The Labute approximate surface area is 183 Å². The molecule has 1 aliphatic rings. The molecular formula is C25H21F2N3O2. The Hall–Kier alpha value is -3.87. The van der Waals surface area contributed by atoms with Crippen LogP contribution in [0.25, 0.3) is 22.0 Å². The van der Waals surface area contributed by atoms with Crippen LogP contribution in [0.3, 0.4) is 0 Å². The van der Waals surface area contributed by atoms with Crippen LogP contribution in [0.2, 0.25) is 0 Å². The number of hydrogen-bond acceptors (Lipinski definition) is 2. The maximum absolute atomic E-state index is 13.6. The Kier molecular flexibility index (Phi) is 5.01. The molecule has 1 aliphatic heterocycles. The number of amides is 2. The first-order chi connectivity index (χ1) is 15.5. The van der Waals surface area contributed by atoms with Crippen molar-refractivity contribution in [2.75, 3.05) is 19.0 Å². The topological polar surface area (TPSA) is 57.4 Å². The summed E-state index contributed by atoms with van der Waals surface area (Å²) in [5.41, 5.74) is 5.32. The van der Waals surface area contributed by atoms with Gasteiger partial charge in [0.05, 0.1) is 18.3 Å². The van der Waals surface area contributed by atoms with E-state index in [-0.39, 0.29) is 6.03 Å². The quantitative estimate of drug-likeness (QED) is 0.435. The number of halogens is 2. The number of nitrogens with zero attached hydrogens (tertiary/aromatic N) is 1. The molecule has 0 saturated heterocycles. The second-order valence-electron chi connectivity index (χ2n) is 7.83. The van der Waals surface area contributed by atoms with Gasteiger partial charge in [0.25, 0.3) is 0 Å². The number of fused-ring (bicyclic) bond motifs is 2. The van der Waals surface area contributed by atoms with E-state index < -0.39 is 11.6 Å². The molecule has 5 rings (SSSR count). The van der Waals surface area contributed by atoms with Crippen molar-refractivity contribution >= 4 is 22.6 Å². The second-order valence-corrected chi connectivity index (χ2v) is 7.83. The van der Waals surface area contributed by atoms with Gasteiger partial charge in [-0.3, -0.25) is 0 Å². The number of hydrogen-bond donors (Lipinski definition) is 2. The fraction of sp³-hybridized carbons (Fsp3) is 0.160. The highest BCUT2D eigenvalue weighted by atomic mass is 19.2. The van der Waals surface area contributed by atoms with Crippen LogP contribution in [-0.2, 0) is 13.0 Å². The van der Waals surface area contributed by atoms with Crippen molar-refractivity contribution < 1.29 is 18.3 Å². The van der Waals surface area contributed by atoms with Crippen molar-refractivity contribution in [2.24, 2.45) is 0 Å². The third-order valence-electron chi connectivity index (χ3n) is 5.87. The number of methoxy groups -OCH3 is 1. The molecule has 0 fully saturated rings. The molecule has 1 aromatic heterocycles. The number of H-pyrrole nitrogens is 1. The van der Waals surface area contributed by atoms with E-state index in [9.17, 15) is 13.6 Å². The van der Waals surface area contributed by atoms with E-state index in [1.165, 1.54) is 5.56 Å². The second kappa shape index (κ2) is 8.00. The van der Waals surface area contributed by atoms with Crippen molar-refractivity contribution in [3.63, 3.8) is 0 Å². The zero-order valence-corrected chi connectivity index (χ0v) is 17.4. The van der Waals surface area contributed by atoms with Crippen molar-refractivity contribution in [2.45, 2.75) is 13.0 Å². The maximum atomic E-state index is 13.6. The molecule has 4 aromatic rings. The lowest BCUT2D eigenvalue weighted by Gasteiger charge is -2.29. The summed E-state index contributed by atoms with van der Waals surface area (Å²) in [6.45, 7) is 1.04. The van der Waals surface area contributed by atoms with Crippen LogP contribution in [0.4, 0.5) is 19.3 Å². The van der Waals surface area contributed by atoms with Crippen molar-refractivity contribution in [3.05, 3.63) is 83.6 Å². The molecule has 2 N–H and O–H groups in total.